The van der Waals surface area contributed by atoms with E-state index >= 15 is 0 Å². The van der Waals surface area contributed by atoms with Crippen LogP contribution in [0.5, 0.6) is 11.5 Å². The maximum absolute atomic E-state index is 12.6. The second kappa shape index (κ2) is 7.73. The number of ether oxygens (including phenoxy) is 2. The van der Waals surface area contributed by atoms with Gasteiger partial charge in [-0.15, -0.1) is 0 Å². The molecule has 6 heteroatoms. The third-order valence-electron chi connectivity index (χ3n) is 4.08. The summed E-state index contributed by atoms with van der Waals surface area (Å²) in [5.41, 5.74) is 1.70. The van der Waals surface area contributed by atoms with Gasteiger partial charge in [0.05, 0.1) is 11.1 Å². The first-order chi connectivity index (χ1) is 13.5. The van der Waals surface area contributed by atoms with Crippen molar-refractivity contribution in [1.82, 2.24) is 0 Å². The molecule has 0 fully saturated rings. The number of Topliss-reactive ketones (excluding diaryl/α,β-unsaturated/α-hetero) is 1. The Labute approximate surface area is 178 Å². The topological polar surface area (TPSA) is 52.6 Å². The SMILES string of the molecule is O=C(Oc1ccc2c(c1)O/C(=C\c1cccc(Br)c1)C2=O)c1ccc(Br)cc1. The minimum absolute atomic E-state index is 0.208. The zero-order valence-corrected chi connectivity index (χ0v) is 17.5. The van der Waals surface area contributed by atoms with Crippen molar-refractivity contribution in [2.75, 3.05) is 0 Å². The predicted molar refractivity (Wildman–Crippen MR) is 113 cm³/mol. The molecule has 0 N–H and O–H groups in total. The summed E-state index contributed by atoms with van der Waals surface area (Å²) in [5, 5.41) is 0. The second-order valence-corrected chi connectivity index (χ2v) is 7.88. The van der Waals surface area contributed by atoms with Crippen LogP contribution in [0.4, 0.5) is 0 Å². The summed E-state index contributed by atoms with van der Waals surface area (Å²) >= 11 is 6.73. The molecule has 1 aliphatic rings. The molecule has 0 spiro atoms. The molecule has 0 saturated carbocycles. The standard InChI is InChI=1S/C22H12Br2O4/c23-15-6-4-14(5-7-15)22(26)27-17-8-9-18-19(12-17)28-20(21(18)25)11-13-2-1-3-16(24)10-13/h1-12H/b20-11-. The molecule has 0 aromatic heterocycles. The summed E-state index contributed by atoms with van der Waals surface area (Å²) < 4.78 is 12.9. The number of benzene rings is 3. The lowest BCUT2D eigenvalue weighted by Crippen LogP contribution is -2.08. The Morgan fingerprint density at radius 3 is 2.46 bits per heavy atom. The molecule has 0 atom stereocenters. The van der Waals surface area contributed by atoms with Gasteiger partial charge < -0.3 is 9.47 Å². The van der Waals surface area contributed by atoms with Crippen molar-refractivity contribution in [2.45, 2.75) is 0 Å². The lowest BCUT2D eigenvalue weighted by Gasteiger charge is -2.06. The Morgan fingerprint density at radius 2 is 1.71 bits per heavy atom. The molecular formula is C22H12Br2O4. The van der Waals surface area contributed by atoms with Gasteiger partial charge in [-0.25, -0.2) is 4.79 Å². The number of hydrogen-bond acceptors (Lipinski definition) is 4. The fraction of sp³-hybridized carbons (Fsp3) is 0. The van der Waals surface area contributed by atoms with E-state index in [9.17, 15) is 9.59 Å². The molecule has 28 heavy (non-hydrogen) atoms. The number of allylic oxidation sites excluding steroid dienone is 1. The van der Waals surface area contributed by atoms with Gasteiger partial charge in [-0.3, -0.25) is 4.79 Å². The molecule has 0 radical (unpaired) electrons. The molecule has 0 aliphatic carbocycles. The highest BCUT2D eigenvalue weighted by Crippen LogP contribution is 2.35. The summed E-state index contributed by atoms with van der Waals surface area (Å²) in [6, 6.07) is 19.1. The predicted octanol–water partition coefficient (Wildman–Crippen LogP) is 6.05. The van der Waals surface area contributed by atoms with Crippen LogP contribution in [-0.2, 0) is 0 Å². The van der Waals surface area contributed by atoms with E-state index in [1.54, 1.807) is 48.5 Å². The number of esters is 1. The van der Waals surface area contributed by atoms with E-state index in [1.807, 2.05) is 24.3 Å². The summed E-state index contributed by atoms with van der Waals surface area (Å²) in [7, 11) is 0. The number of fused-ring (bicyclic) bond motifs is 1. The summed E-state index contributed by atoms with van der Waals surface area (Å²) in [6.45, 7) is 0. The molecule has 3 aromatic carbocycles. The average molecular weight is 500 g/mol. The Bertz CT molecular complexity index is 1120. The highest BCUT2D eigenvalue weighted by atomic mass is 79.9. The molecule has 0 amide bonds. The van der Waals surface area contributed by atoms with Gasteiger partial charge in [-0.2, -0.15) is 0 Å². The molecule has 1 heterocycles. The van der Waals surface area contributed by atoms with E-state index in [4.69, 9.17) is 9.47 Å². The van der Waals surface area contributed by atoms with Gasteiger partial charge in [-0.05, 0) is 60.2 Å². The van der Waals surface area contributed by atoms with E-state index in [-0.39, 0.29) is 11.5 Å². The Hall–Kier alpha value is -2.70. The molecular weight excluding hydrogens is 488 g/mol. The first-order valence-electron chi connectivity index (χ1n) is 8.31. The van der Waals surface area contributed by atoms with Crippen LogP contribution < -0.4 is 9.47 Å². The number of carbonyl (C=O) groups is 2. The Morgan fingerprint density at radius 1 is 0.929 bits per heavy atom. The zero-order chi connectivity index (χ0) is 19.7. The Kier molecular flexibility index (Phi) is 5.15. The van der Waals surface area contributed by atoms with Gasteiger partial charge in [0, 0.05) is 15.0 Å². The van der Waals surface area contributed by atoms with Crippen molar-refractivity contribution in [3.05, 3.63) is 98.1 Å². The van der Waals surface area contributed by atoms with Crippen molar-refractivity contribution in [3.63, 3.8) is 0 Å². The van der Waals surface area contributed by atoms with Crippen molar-refractivity contribution in [3.8, 4) is 11.5 Å². The number of carbonyl (C=O) groups excluding carboxylic acids is 2. The lowest BCUT2D eigenvalue weighted by atomic mass is 10.1. The molecule has 0 saturated heterocycles. The second-order valence-electron chi connectivity index (χ2n) is 6.05. The molecule has 4 rings (SSSR count). The van der Waals surface area contributed by atoms with Crippen molar-refractivity contribution in [1.29, 1.82) is 0 Å². The van der Waals surface area contributed by atoms with Gasteiger partial charge in [0.15, 0.2) is 5.76 Å². The number of ketones is 1. The highest BCUT2D eigenvalue weighted by molar-refractivity contribution is 9.10. The maximum Gasteiger partial charge on any atom is 0.343 e. The molecule has 4 nitrogen and oxygen atoms in total. The molecule has 0 unspecified atom stereocenters. The van der Waals surface area contributed by atoms with Crippen molar-refractivity contribution < 1.29 is 19.1 Å². The highest BCUT2D eigenvalue weighted by Gasteiger charge is 2.28. The van der Waals surface area contributed by atoms with E-state index in [1.165, 1.54) is 0 Å². The van der Waals surface area contributed by atoms with Gasteiger partial charge in [0.25, 0.3) is 0 Å². The van der Waals surface area contributed by atoms with Crippen LogP contribution in [0.3, 0.4) is 0 Å². The van der Waals surface area contributed by atoms with E-state index in [2.05, 4.69) is 31.9 Å². The fourth-order valence-corrected chi connectivity index (χ4v) is 3.41. The van der Waals surface area contributed by atoms with Crippen LogP contribution in [0.1, 0.15) is 26.3 Å². The van der Waals surface area contributed by atoms with Crippen LogP contribution in [-0.4, -0.2) is 11.8 Å². The van der Waals surface area contributed by atoms with Crippen LogP contribution in [0.25, 0.3) is 6.08 Å². The summed E-state index contributed by atoms with van der Waals surface area (Å²) in [6.07, 6.45) is 1.68. The minimum Gasteiger partial charge on any atom is -0.452 e. The largest absolute Gasteiger partial charge is 0.452 e. The first kappa shape index (κ1) is 18.7. The molecule has 0 bridgehead atoms. The van der Waals surface area contributed by atoms with Crippen molar-refractivity contribution in [2.24, 2.45) is 0 Å². The zero-order valence-electron chi connectivity index (χ0n) is 14.3. The summed E-state index contributed by atoms with van der Waals surface area (Å²) in [5.74, 6) is 0.211. The molecule has 1 aliphatic heterocycles. The van der Waals surface area contributed by atoms with Crippen LogP contribution >= 0.6 is 31.9 Å². The molecule has 138 valence electrons. The normalized spacial score (nSPS) is 13.9. The smallest absolute Gasteiger partial charge is 0.343 e. The van der Waals surface area contributed by atoms with E-state index in [0.29, 0.717) is 22.6 Å². The fourth-order valence-electron chi connectivity index (χ4n) is 2.73. The van der Waals surface area contributed by atoms with Crippen LogP contribution in [0, 0.1) is 0 Å². The lowest BCUT2D eigenvalue weighted by molar-refractivity contribution is 0.0734. The van der Waals surface area contributed by atoms with Crippen molar-refractivity contribution >= 4 is 49.7 Å². The quantitative estimate of drug-likeness (QED) is 0.250. The number of halogens is 2. The van der Waals surface area contributed by atoms with E-state index in [0.717, 1.165) is 14.5 Å². The average Bonchev–Trinajstić information content (AvgIpc) is 2.97. The van der Waals surface area contributed by atoms with Crippen LogP contribution in [0.2, 0.25) is 0 Å². The maximum atomic E-state index is 12.6. The summed E-state index contributed by atoms with van der Waals surface area (Å²) in [4.78, 5) is 24.8. The van der Waals surface area contributed by atoms with Gasteiger partial charge in [0.2, 0.25) is 5.78 Å². The monoisotopic (exact) mass is 498 g/mol. The third kappa shape index (κ3) is 3.93. The third-order valence-corrected chi connectivity index (χ3v) is 5.10. The molecule has 3 aromatic rings. The first-order valence-corrected chi connectivity index (χ1v) is 9.90. The Balaban J connectivity index is 1.55. The van der Waals surface area contributed by atoms with Gasteiger partial charge in [0.1, 0.15) is 11.5 Å². The van der Waals surface area contributed by atoms with Gasteiger partial charge >= 0.3 is 5.97 Å². The van der Waals surface area contributed by atoms with Gasteiger partial charge in [-0.1, -0.05) is 44.0 Å². The number of hydrogen-bond donors (Lipinski definition) is 0. The van der Waals surface area contributed by atoms with Crippen LogP contribution in [0.15, 0.2) is 81.4 Å². The van der Waals surface area contributed by atoms with E-state index < -0.39 is 5.97 Å². The minimum atomic E-state index is -0.485. The number of rotatable bonds is 3.